The van der Waals surface area contributed by atoms with Gasteiger partial charge in [-0.15, -0.1) is 0 Å². The molecule has 132 valence electrons. The van der Waals surface area contributed by atoms with Crippen LogP contribution in [0.1, 0.15) is 6.92 Å². The molecule has 5 heteroatoms. The maximum absolute atomic E-state index is 12.3. The van der Waals surface area contributed by atoms with E-state index in [1.807, 2.05) is 30.3 Å². The van der Waals surface area contributed by atoms with Crippen molar-refractivity contribution in [2.75, 3.05) is 5.32 Å². The third-order valence-electron chi connectivity index (χ3n) is 3.61. The Kier molecular flexibility index (Phi) is 5.77. The van der Waals surface area contributed by atoms with Gasteiger partial charge in [0.05, 0.1) is 5.02 Å². The van der Waals surface area contributed by atoms with Gasteiger partial charge < -0.3 is 14.8 Å². The highest BCUT2D eigenvalue weighted by atomic mass is 35.5. The van der Waals surface area contributed by atoms with Crippen molar-refractivity contribution in [3.05, 3.63) is 83.9 Å². The monoisotopic (exact) mass is 367 g/mol. The maximum Gasteiger partial charge on any atom is 0.265 e. The van der Waals surface area contributed by atoms with Gasteiger partial charge >= 0.3 is 0 Å². The third-order valence-corrected chi connectivity index (χ3v) is 3.92. The first kappa shape index (κ1) is 17.8. The normalized spacial score (nSPS) is 11.5. The van der Waals surface area contributed by atoms with Gasteiger partial charge in [0.2, 0.25) is 0 Å². The quantitative estimate of drug-likeness (QED) is 0.622. The first-order valence-electron chi connectivity index (χ1n) is 8.17. The van der Waals surface area contributed by atoms with E-state index in [-0.39, 0.29) is 5.91 Å². The number of rotatable bonds is 6. The van der Waals surface area contributed by atoms with Crippen LogP contribution >= 0.6 is 11.6 Å². The lowest BCUT2D eigenvalue weighted by atomic mass is 10.2. The molecule has 0 heterocycles. The Morgan fingerprint density at radius 2 is 1.50 bits per heavy atom. The molecule has 0 unspecified atom stereocenters. The van der Waals surface area contributed by atoms with Gasteiger partial charge in [-0.1, -0.05) is 41.9 Å². The molecule has 0 aliphatic carbocycles. The molecule has 0 spiro atoms. The van der Waals surface area contributed by atoms with E-state index in [4.69, 9.17) is 21.1 Å². The molecule has 0 aliphatic rings. The zero-order chi connectivity index (χ0) is 18.4. The Balaban J connectivity index is 1.58. The van der Waals surface area contributed by atoms with Crippen LogP contribution in [0.25, 0.3) is 0 Å². The highest BCUT2D eigenvalue weighted by Gasteiger charge is 2.16. The van der Waals surface area contributed by atoms with Crippen molar-refractivity contribution in [1.29, 1.82) is 0 Å². The molecule has 26 heavy (non-hydrogen) atoms. The van der Waals surface area contributed by atoms with E-state index in [2.05, 4.69) is 5.32 Å². The molecule has 1 atom stereocenters. The number of carbonyl (C=O) groups excluding carboxylic acids is 1. The van der Waals surface area contributed by atoms with Crippen LogP contribution in [0.5, 0.6) is 17.2 Å². The molecular weight excluding hydrogens is 350 g/mol. The Morgan fingerprint density at radius 3 is 2.19 bits per heavy atom. The number of nitrogens with one attached hydrogen (secondary N) is 1. The predicted molar refractivity (Wildman–Crippen MR) is 103 cm³/mol. The minimum atomic E-state index is -0.685. The zero-order valence-electron chi connectivity index (χ0n) is 14.2. The van der Waals surface area contributed by atoms with Crippen molar-refractivity contribution in [2.24, 2.45) is 0 Å². The average molecular weight is 368 g/mol. The van der Waals surface area contributed by atoms with Crippen LogP contribution in [0.3, 0.4) is 0 Å². The Morgan fingerprint density at radius 1 is 0.885 bits per heavy atom. The second-order valence-electron chi connectivity index (χ2n) is 5.62. The van der Waals surface area contributed by atoms with Gasteiger partial charge in [0, 0.05) is 5.69 Å². The smallest absolute Gasteiger partial charge is 0.265 e. The number of hydrogen-bond donors (Lipinski definition) is 1. The molecule has 0 fully saturated rings. The van der Waals surface area contributed by atoms with Crippen molar-refractivity contribution in [1.82, 2.24) is 0 Å². The summed E-state index contributed by atoms with van der Waals surface area (Å²) in [4.78, 5) is 12.3. The number of benzene rings is 3. The molecule has 0 bridgehead atoms. The van der Waals surface area contributed by atoms with Crippen molar-refractivity contribution in [3.8, 4) is 17.2 Å². The summed E-state index contributed by atoms with van der Waals surface area (Å²) in [5, 5.41) is 3.28. The molecule has 1 N–H and O–H groups in total. The first-order valence-corrected chi connectivity index (χ1v) is 8.54. The van der Waals surface area contributed by atoms with E-state index >= 15 is 0 Å². The minimum Gasteiger partial charge on any atom is -0.479 e. The minimum absolute atomic E-state index is 0.262. The largest absolute Gasteiger partial charge is 0.479 e. The van der Waals surface area contributed by atoms with Crippen molar-refractivity contribution in [2.45, 2.75) is 13.0 Å². The number of amides is 1. The fourth-order valence-corrected chi connectivity index (χ4v) is 2.44. The lowest BCUT2D eigenvalue weighted by Gasteiger charge is -2.15. The number of ether oxygens (including phenoxy) is 2. The van der Waals surface area contributed by atoms with E-state index in [1.165, 1.54) is 0 Å². The predicted octanol–water partition coefficient (Wildman–Crippen LogP) is 5.54. The fraction of sp³-hybridized carbons (Fsp3) is 0.0952. The molecule has 0 radical (unpaired) electrons. The summed E-state index contributed by atoms with van der Waals surface area (Å²) in [5.74, 6) is 1.66. The molecule has 1 amide bonds. The summed E-state index contributed by atoms with van der Waals surface area (Å²) < 4.78 is 11.3. The lowest BCUT2D eigenvalue weighted by molar-refractivity contribution is -0.122. The molecule has 3 aromatic rings. The van der Waals surface area contributed by atoms with Crippen LogP contribution < -0.4 is 14.8 Å². The van der Waals surface area contributed by atoms with E-state index in [0.29, 0.717) is 22.2 Å². The maximum atomic E-state index is 12.3. The number of carbonyl (C=O) groups is 1. The number of para-hydroxylation sites is 2. The highest BCUT2D eigenvalue weighted by Crippen LogP contribution is 2.25. The van der Waals surface area contributed by atoms with Gasteiger partial charge in [0.25, 0.3) is 5.91 Å². The second-order valence-corrected chi connectivity index (χ2v) is 6.03. The summed E-state index contributed by atoms with van der Waals surface area (Å²) in [5.41, 5.74) is 0.657. The van der Waals surface area contributed by atoms with Gasteiger partial charge in [0.1, 0.15) is 17.2 Å². The van der Waals surface area contributed by atoms with Gasteiger partial charge in [-0.3, -0.25) is 4.79 Å². The zero-order valence-corrected chi connectivity index (χ0v) is 14.9. The Labute approximate surface area is 157 Å². The number of halogens is 1. The molecule has 0 aromatic heterocycles. The highest BCUT2D eigenvalue weighted by molar-refractivity contribution is 6.32. The molecule has 3 rings (SSSR count). The first-order chi connectivity index (χ1) is 12.6. The Bertz CT molecular complexity index is 866. The molecule has 0 aliphatic heterocycles. The summed E-state index contributed by atoms with van der Waals surface area (Å²) >= 11 is 6.05. The van der Waals surface area contributed by atoms with Gasteiger partial charge in [0.15, 0.2) is 6.10 Å². The van der Waals surface area contributed by atoms with Crippen molar-refractivity contribution < 1.29 is 14.3 Å². The Hall–Kier alpha value is -2.98. The van der Waals surface area contributed by atoms with Crippen LogP contribution in [0, 0.1) is 0 Å². The standard InChI is InChI=1S/C21H18ClNO3/c1-15(25-20-10-6-5-9-19(20)22)21(24)23-16-11-13-18(14-12-16)26-17-7-3-2-4-8-17/h2-15H,1H3,(H,23,24)/t15-/m1/s1. The number of hydrogen-bond acceptors (Lipinski definition) is 3. The second kappa shape index (κ2) is 8.41. The SMILES string of the molecule is C[C@@H](Oc1ccccc1Cl)C(=O)Nc1ccc(Oc2ccccc2)cc1. The van der Waals surface area contributed by atoms with Gasteiger partial charge in [-0.05, 0) is 55.5 Å². The molecule has 0 saturated heterocycles. The molecule has 0 saturated carbocycles. The van der Waals surface area contributed by atoms with E-state index in [0.717, 1.165) is 5.75 Å². The van der Waals surface area contributed by atoms with Gasteiger partial charge in [-0.25, -0.2) is 0 Å². The van der Waals surface area contributed by atoms with E-state index in [1.54, 1.807) is 55.5 Å². The van der Waals surface area contributed by atoms with Crippen molar-refractivity contribution in [3.63, 3.8) is 0 Å². The van der Waals surface area contributed by atoms with Crippen LogP contribution in [0.2, 0.25) is 5.02 Å². The summed E-state index contributed by atoms with van der Waals surface area (Å²) in [7, 11) is 0. The van der Waals surface area contributed by atoms with E-state index < -0.39 is 6.10 Å². The lowest BCUT2D eigenvalue weighted by Crippen LogP contribution is -2.30. The van der Waals surface area contributed by atoms with Crippen LogP contribution in [-0.4, -0.2) is 12.0 Å². The molecule has 3 aromatic carbocycles. The molecular formula is C21H18ClNO3. The average Bonchev–Trinajstić information content (AvgIpc) is 2.66. The van der Waals surface area contributed by atoms with Crippen LogP contribution in [-0.2, 0) is 4.79 Å². The topological polar surface area (TPSA) is 47.6 Å². The van der Waals surface area contributed by atoms with Gasteiger partial charge in [-0.2, -0.15) is 0 Å². The van der Waals surface area contributed by atoms with E-state index in [9.17, 15) is 4.79 Å². The van der Waals surface area contributed by atoms with Crippen LogP contribution in [0.15, 0.2) is 78.9 Å². The van der Waals surface area contributed by atoms with Crippen LogP contribution in [0.4, 0.5) is 5.69 Å². The number of anilines is 1. The van der Waals surface area contributed by atoms with Crippen molar-refractivity contribution >= 4 is 23.2 Å². The molecule has 4 nitrogen and oxygen atoms in total. The third kappa shape index (κ3) is 4.77. The summed E-state index contributed by atoms with van der Waals surface area (Å²) in [6.07, 6.45) is -0.685. The summed E-state index contributed by atoms with van der Waals surface area (Å²) in [6.45, 7) is 1.67. The fourth-order valence-electron chi connectivity index (χ4n) is 2.26. The summed E-state index contributed by atoms with van der Waals surface area (Å²) in [6, 6.07) is 23.7.